The molecule has 1 aromatic heterocycles. The van der Waals surface area contributed by atoms with E-state index >= 15 is 0 Å². The first kappa shape index (κ1) is 47.2. The van der Waals surface area contributed by atoms with E-state index in [-0.39, 0.29) is 66.2 Å². The Morgan fingerprint density at radius 2 is 1.34 bits per heavy atom. The third kappa shape index (κ3) is 10.1. The molecule has 14 nitrogen and oxygen atoms in total. The lowest BCUT2D eigenvalue weighted by Gasteiger charge is -2.36. The summed E-state index contributed by atoms with van der Waals surface area (Å²) in [5, 5.41) is 5.07. The Morgan fingerprint density at radius 3 is 2.01 bits per heavy atom. The summed E-state index contributed by atoms with van der Waals surface area (Å²) in [5.74, 6) is 0.467. The molecule has 360 valence electrons. The van der Waals surface area contributed by atoms with E-state index in [9.17, 15) is 19.2 Å². The first-order valence-corrected chi connectivity index (χ1v) is 24.6. The van der Waals surface area contributed by atoms with E-state index < -0.39 is 18.1 Å². The molecule has 5 aliphatic heterocycles. The third-order valence-corrected chi connectivity index (χ3v) is 15.1. The van der Waals surface area contributed by atoms with Crippen molar-refractivity contribution in [2.75, 3.05) is 40.5 Å². The van der Waals surface area contributed by atoms with Gasteiger partial charge in [0, 0.05) is 50.2 Å². The van der Waals surface area contributed by atoms with Gasteiger partial charge in [-0.3, -0.25) is 19.4 Å². The van der Waals surface area contributed by atoms with E-state index in [1.165, 1.54) is 14.2 Å². The number of ether oxygens (including phenoxy) is 4. The van der Waals surface area contributed by atoms with Crippen molar-refractivity contribution in [2.24, 2.45) is 34.6 Å². The van der Waals surface area contributed by atoms with Gasteiger partial charge in [0.2, 0.25) is 11.8 Å². The molecule has 6 heterocycles. The number of aliphatic imine (C=N–C) groups is 1. The van der Waals surface area contributed by atoms with Crippen molar-refractivity contribution in [1.29, 1.82) is 0 Å². The van der Waals surface area contributed by atoms with Crippen molar-refractivity contribution in [1.82, 2.24) is 25.1 Å². The molecule has 0 saturated carbocycles. The molecule has 68 heavy (non-hydrogen) atoms. The average molecular weight is 927 g/mol. The molecule has 5 aliphatic rings. The number of hydrogen-bond donors (Lipinski definition) is 2. The van der Waals surface area contributed by atoms with E-state index in [2.05, 4.69) is 84.8 Å². The minimum Gasteiger partial charge on any atom is -0.469 e. The molecule has 3 aromatic carbocycles. The van der Waals surface area contributed by atoms with Crippen LogP contribution in [0.2, 0.25) is 0 Å². The minimum absolute atomic E-state index is 0.00390. The molecule has 14 heteroatoms. The number of carbonyl (C=O) groups excluding carboxylic acids is 4. The van der Waals surface area contributed by atoms with Crippen molar-refractivity contribution in [3.05, 3.63) is 84.4 Å². The van der Waals surface area contributed by atoms with E-state index in [0.29, 0.717) is 51.5 Å². The lowest BCUT2D eigenvalue weighted by atomic mass is 9.81. The number of aromatic nitrogens is 2. The quantitative estimate of drug-likeness (QED) is 0.132. The first-order valence-electron chi connectivity index (χ1n) is 24.6. The number of nitrogens with one attached hydrogen (secondary N) is 2. The van der Waals surface area contributed by atoms with Crippen LogP contribution in [0.1, 0.15) is 96.5 Å². The molecule has 0 unspecified atom stereocenters. The molecular formula is C54H66N6O8. The van der Waals surface area contributed by atoms with Gasteiger partial charge in [-0.2, -0.15) is 0 Å². The Bertz CT molecular complexity index is 2570. The number of alkyl carbamates (subject to hydrolysis) is 1. The van der Waals surface area contributed by atoms with Gasteiger partial charge in [-0.15, -0.1) is 0 Å². The minimum atomic E-state index is -0.711. The number of nitrogens with zero attached hydrogens (tertiary/aromatic N) is 4. The molecule has 0 aliphatic carbocycles. The Labute approximate surface area is 399 Å². The highest BCUT2D eigenvalue weighted by Gasteiger charge is 2.45. The number of allylic oxidation sites excluding steroid dienone is 1. The van der Waals surface area contributed by atoms with E-state index in [4.69, 9.17) is 28.9 Å². The topological polar surface area (TPSA) is 165 Å². The molecule has 4 saturated heterocycles. The van der Waals surface area contributed by atoms with Crippen LogP contribution in [-0.4, -0.2) is 114 Å². The van der Waals surface area contributed by atoms with Crippen LogP contribution in [0.4, 0.5) is 4.79 Å². The highest BCUT2D eigenvalue weighted by atomic mass is 16.5. The molecule has 10 atom stereocenters. The number of fused-ring (bicyclic) bond motifs is 1. The van der Waals surface area contributed by atoms with Crippen LogP contribution in [0, 0.1) is 29.6 Å². The number of likely N-dealkylation sites (tertiary alicyclic amines) is 2. The third-order valence-electron chi connectivity index (χ3n) is 15.1. The molecule has 0 radical (unpaired) electrons. The smallest absolute Gasteiger partial charge is 0.407 e. The fraction of sp³-hybridized carbons (Fsp3) is 0.519. The van der Waals surface area contributed by atoms with Crippen LogP contribution in [-0.2, 0) is 33.3 Å². The maximum Gasteiger partial charge on any atom is 0.407 e. The number of carbonyl (C=O) groups is 4. The van der Waals surface area contributed by atoms with Gasteiger partial charge in [-0.1, -0.05) is 62.4 Å². The summed E-state index contributed by atoms with van der Waals surface area (Å²) in [6, 6.07) is 20.5. The van der Waals surface area contributed by atoms with Crippen molar-refractivity contribution in [3.63, 3.8) is 0 Å². The second-order valence-electron chi connectivity index (χ2n) is 20.1. The molecule has 2 N–H and O–H groups in total. The monoisotopic (exact) mass is 926 g/mol. The number of H-pyrrole nitrogens is 1. The summed E-state index contributed by atoms with van der Waals surface area (Å²) >= 11 is 0. The van der Waals surface area contributed by atoms with Gasteiger partial charge >= 0.3 is 12.1 Å². The molecule has 4 fully saturated rings. The van der Waals surface area contributed by atoms with Gasteiger partial charge < -0.3 is 39.0 Å². The van der Waals surface area contributed by atoms with Crippen LogP contribution < -0.4 is 5.32 Å². The fourth-order valence-corrected chi connectivity index (χ4v) is 11.5. The highest BCUT2D eigenvalue weighted by molar-refractivity contribution is 6.03. The lowest BCUT2D eigenvalue weighted by Crippen LogP contribution is -2.53. The zero-order chi connectivity index (χ0) is 47.6. The van der Waals surface area contributed by atoms with Crippen molar-refractivity contribution in [2.45, 2.75) is 109 Å². The number of benzene rings is 3. The molecule has 0 bridgehead atoms. The van der Waals surface area contributed by atoms with Crippen LogP contribution in [0.3, 0.4) is 0 Å². The van der Waals surface area contributed by atoms with Crippen molar-refractivity contribution >= 4 is 45.9 Å². The lowest BCUT2D eigenvalue weighted by molar-refractivity contribution is -0.150. The number of esters is 1. The normalized spacial score (nSPS) is 27.1. The zero-order valence-electron chi connectivity index (χ0n) is 40.2. The Kier molecular flexibility index (Phi) is 14.2. The Balaban J connectivity index is 0.852. The van der Waals surface area contributed by atoms with Gasteiger partial charge in [0.25, 0.3) is 0 Å². The molecule has 9 rings (SSSR count). The number of amides is 3. The van der Waals surface area contributed by atoms with E-state index in [1.807, 2.05) is 36.0 Å². The Morgan fingerprint density at radius 1 is 0.735 bits per heavy atom. The number of rotatable bonds is 12. The average Bonchev–Trinajstić information content (AvgIpc) is 4.19. The van der Waals surface area contributed by atoms with Gasteiger partial charge in [-0.05, 0) is 121 Å². The molecular weight excluding hydrogens is 861 g/mol. The first-order chi connectivity index (χ1) is 32.8. The largest absolute Gasteiger partial charge is 0.469 e. The predicted octanol–water partition coefficient (Wildman–Crippen LogP) is 8.76. The number of hydrogen-bond acceptors (Lipinski definition) is 10. The summed E-state index contributed by atoms with van der Waals surface area (Å²) in [7, 11) is 2.71. The highest BCUT2D eigenvalue weighted by Crippen LogP contribution is 2.39. The molecule has 0 spiro atoms. The van der Waals surface area contributed by atoms with Gasteiger partial charge in [0.15, 0.2) is 0 Å². The maximum atomic E-state index is 14.4. The second-order valence-corrected chi connectivity index (χ2v) is 20.1. The van der Waals surface area contributed by atoms with Gasteiger partial charge in [0.1, 0.15) is 11.9 Å². The van der Waals surface area contributed by atoms with E-state index in [1.54, 1.807) is 0 Å². The summed E-state index contributed by atoms with van der Waals surface area (Å²) in [4.78, 5) is 70.8. The summed E-state index contributed by atoms with van der Waals surface area (Å²) in [6.45, 7) is 10.7. The predicted molar refractivity (Wildman–Crippen MR) is 260 cm³/mol. The van der Waals surface area contributed by atoms with Crippen LogP contribution in [0.15, 0.2) is 78.1 Å². The molecule has 3 amide bonds. The van der Waals surface area contributed by atoms with Gasteiger partial charge in [-0.25, -0.2) is 9.78 Å². The van der Waals surface area contributed by atoms with Crippen molar-refractivity contribution in [3.8, 4) is 22.4 Å². The summed E-state index contributed by atoms with van der Waals surface area (Å²) in [6.07, 6.45) is 8.49. The number of methoxy groups -OCH3 is 2. The maximum absolute atomic E-state index is 14.4. The van der Waals surface area contributed by atoms with Crippen LogP contribution in [0.25, 0.3) is 38.7 Å². The van der Waals surface area contributed by atoms with Crippen molar-refractivity contribution < 1.29 is 38.1 Å². The molecule has 4 aromatic rings. The number of aromatic amines is 1. The SMILES string of the molecule is COC(=O)C[C@H](C(=O)N1C[C@@H](C)C[C@H]1C1=NC=C(c2ccc(-c3ccc4cc(-c5cnc([C@@H]6C[C@H](C)CN6C(=O)[C@@H](NC(=O)OC)[C@@H]6CCO[C@@H](C)C6)[nH]5)ccc4c3)cc2)C1)[C@@H]1CCO[C@@H](C)C1. The van der Waals surface area contributed by atoms with Crippen LogP contribution in [0.5, 0.6) is 0 Å². The standard InChI is InChI=1S/C54H66N6O8/c1-31-19-47(59(29-31)52(62)44(26-49(61)65-5)40-15-17-67-33(3)21-40)45-25-43(27-55-45)36-9-7-35(8-10-36)37-11-12-39-24-41(14-13-38(39)23-37)46-28-56-51(57-46)48-20-32(2)30-60(48)53(63)50(58-54(64)66-6)42-16-18-68-34(4)22-42/h7-14,23-24,27-28,31-34,40,42,44,47-48,50H,15-22,25-26,29-30H2,1-6H3,(H,56,57)(H,58,64)/t31-,32-,33-,34-,40+,42+,44-,47-,48-,50-/m0/s1. The zero-order valence-corrected chi connectivity index (χ0v) is 40.2. The van der Waals surface area contributed by atoms with E-state index in [0.717, 1.165) is 81.5 Å². The van der Waals surface area contributed by atoms with Crippen LogP contribution >= 0.6 is 0 Å². The Hall–Kier alpha value is -5.86. The van der Waals surface area contributed by atoms with Gasteiger partial charge in [0.05, 0.1) is 62.7 Å². The fourth-order valence-electron chi connectivity index (χ4n) is 11.5. The summed E-state index contributed by atoms with van der Waals surface area (Å²) in [5.41, 5.74) is 7.33. The number of imidazole rings is 1. The second kappa shape index (κ2) is 20.4. The summed E-state index contributed by atoms with van der Waals surface area (Å²) < 4.78 is 21.5.